The zero-order valence-corrected chi connectivity index (χ0v) is 38.9. The van der Waals surface area contributed by atoms with Crippen LogP contribution in [0.2, 0.25) is 0 Å². The molecule has 7 saturated carbocycles. The summed E-state index contributed by atoms with van der Waals surface area (Å²) in [7, 11) is 1.41. The number of carbonyl (C=O) groups is 4. The monoisotopic (exact) mass is 817 g/mol. The van der Waals surface area contributed by atoms with Crippen LogP contribution >= 0.6 is 0 Å². The number of amides is 2. The van der Waals surface area contributed by atoms with E-state index in [1.165, 1.54) is 25.5 Å². The number of esters is 2. The van der Waals surface area contributed by atoms with Crippen molar-refractivity contribution in [2.45, 2.75) is 178 Å². The average molecular weight is 817 g/mol. The highest BCUT2D eigenvalue weighted by Gasteiger charge is 2.73. The predicted octanol–water partition coefficient (Wildman–Crippen LogP) is 9.93. The van der Waals surface area contributed by atoms with Crippen LogP contribution in [0.5, 0.6) is 0 Å². The molecule has 59 heavy (non-hydrogen) atoms. The minimum atomic E-state index is -0.383. The molecule has 8 aliphatic rings. The largest absolute Gasteiger partial charge is 0.469 e. The number of hydrogen-bond donors (Lipinski definition) is 1. The summed E-state index contributed by atoms with van der Waals surface area (Å²) in [5.41, 5.74) is 0.567. The number of nitrogens with zero attached hydrogens (tertiary/aromatic N) is 1. The van der Waals surface area contributed by atoms with Gasteiger partial charge >= 0.3 is 11.9 Å². The molecule has 1 heterocycles. The normalized spacial score (nSPS) is 46.2. The Hall–Kier alpha value is -2.38. The summed E-state index contributed by atoms with van der Waals surface area (Å²) in [5, 5.41) is 3.66. The fourth-order valence-electron chi connectivity index (χ4n) is 17.0. The van der Waals surface area contributed by atoms with E-state index in [0.29, 0.717) is 29.6 Å². The van der Waals surface area contributed by atoms with Gasteiger partial charge < -0.3 is 19.7 Å². The summed E-state index contributed by atoms with van der Waals surface area (Å²) in [6, 6.07) is 0.0271. The summed E-state index contributed by atoms with van der Waals surface area (Å²) in [6.07, 6.45) is 14.8. The molecule has 0 spiro atoms. The second-order valence-corrected chi connectivity index (χ2v) is 24.3. The molecule has 7 aliphatic carbocycles. The molecule has 8 rings (SSSR count). The minimum Gasteiger partial charge on any atom is -0.469 e. The van der Waals surface area contributed by atoms with E-state index in [9.17, 15) is 14.4 Å². The summed E-state index contributed by atoms with van der Waals surface area (Å²) in [6.45, 7) is 29.7. The Balaban J connectivity index is 0.994. The van der Waals surface area contributed by atoms with Crippen LogP contribution in [0.15, 0.2) is 12.2 Å². The molecule has 1 aliphatic heterocycles. The number of hydrogen-bond acceptors (Lipinski definition) is 6. The summed E-state index contributed by atoms with van der Waals surface area (Å²) >= 11 is 0. The van der Waals surface area contributed by atoms with E-state index in [0.717, 1.165) is 90.1 Å². The Labute approximate surface area is 356 Å². The quantitative estimate of drug-likeness (QED) is 0.193. The van der Waals surface area contributed by atoms with Crippen molar-refractivity contribution < 1.29 is 28.7 Å². The van der Waals surface area contributed by atoms with Crippen LogP contribution in [-0.4, -0.2) is 61.0 Å². The van der Waals surface area contributed by atoms with Crippen LogP contribution < -0.4 is 5.32 Å². The van der Waals surface area contributed by atoms with Gasteiger partial charge in [-0.25, -0.2) is 0 Å². The molecule has 0 aromatic heterocycles. The van der Waals surface area contributed by atoms with Crippen molar-refractivity contribution in [2.75, 3.05) is 20.2 Å². The van der Waals surface area contributed by atoms with Crippen LogP contribution in [0.4, 0.5) is 0 Å². The number of nitrogens with one attached hydrogen (secondary N) is 1. The molecule has 0 bridgehead atoms. The van der Waals surface area contributed by atoms with E-state index in [1.54, 1.807) is 0 Å². The average Bonchev–Trinajstić information content (AvgIpc) is 3.49. The molecule has 0 unspecified atom stereocenters. The zero-order chi connectivity index (χ0) is 42.9. The highest BCUT2D eigenvalue weighted by atomic mass is 16.5. The molecule has 1 saturated heterocycles. The second kappa shape index (κ2) is 14.3. The first kappa shape index (κ1) is 43.3. The number of rotatable bonds is 8. The van der Waals surface area contributed by atoms with Gasteiger partial charge in [0.1, 0.15) is 6.10 Å². The van der Waals surface area contributed by atoms with Crippen LogP contribution in [0.25, 0.3) is 0 Å². The SMILES string of the molecule is C=C(C)[C@@H]1CC[C@]2(C(=O)N[C@@H]3C[C@H](C(=O)N4CCCCC4)C3(C)C)CC[C@]3(C)[C@H](CC[C@@H]4[C@@]5(C)CC[C@H](OC(=O)[C@H]6[C@@H](CC(=O)OC)C6(C)C)C(C)(C)[C@@H]5CC[C@]43C)[C@@H]12. The van der Waals surface area contributed by atoms with Crippen molar-refractivity contribution in [3.05, 3.63) is 12.2 Å². The van der Waals surface area contributed by atoms with Crippen molar-refractivity contribution in [1.29, 1.82) is 0 Å². The Morgan fingerprint density at radius 3 is 2.08 bits per heavy atom. The highest BCUT2D eigenvalue weighted by molar-refractivity contribution is 5.86. The van der Waals surface area contributed by atoms with E-state index in [1.807, 2.05) is 0 Å². The van der Waals surface area contributed by atoms with Crippen molar-refractivity contribution in [3.8, 4) is 0 Å². The van der Waals surface area contributed by atoms with Crippen molar-refractivity contribution in [1.82, 2.24) is 10.2 Å². The van der Waals surface area contributed by atoms with E-state index in [2.05, 4.69) is 86.0 Å². The molecule has 14 atom stereocenters. The minimum absolute atomic E-state index is 0.0184. The first-order chi connectivity index (χ1) is 27.5. The van der Waals surface area contributed by atoms with Gasteiger partial charge in [-0.15, -0.1) is 0 Å². The van der Waals surface area contributed by atoms with E-state index >= 15 is 4.79 Å². The van der Waals surface area contributed by atoms with Crippen LogP contribution in [0.3, 0.4) is 0 Å². The third-order valence-corrected chi connectivity index (χ3v) is 21.2. The maximum absolute atomic E-state index is 15.1. The number of methoxy groups -OCH3 is 1. The number of piperidine rings is 1. The molecular weight excluding hydrogens is 737 g/mol. The van der Waals surface area contributed by atoms with Gasteiger partial charge in [-0.1, -0.05) is 74.5 Å². The Bertz CT molecular complexity index is 1740. The molecule has 0 aromatic carbocycles. The molecule has 330 valence electrons. The van der Waals surface area contributed by atoms with Crippen LogP contribution in [-0.2, 0) is 28.7 Å². The van der Waals surface area contributed by atoms with Gasteiger partial charge in [-0.2, -0.15) is 0 Å². The summed E-state index contributed by atoms with van der Waals surface area (Å²) in [5.74, 6) is 1.96. The maximum atomic E-state index is 15.1. The van der Waals surface area contributed by atoms with E-state index in [4.69, 9.17) is 9.47 Å². The topological polar surface area (TPSA) is 102 Å². The van der Waals surface area contributed by atoms with Gasteiger partial charge in [0.05, 0.1) is 18.4 Å². The molecule has 0 aromatic rings. The van der Waals surface area contributed by atoms with Crippen LogP contribution in [0.1, 0.15) is 166 Å². The lowest BCUT2D eigenvalue weighted by molar-refractivity contribution is -0.249. The van der Waals surface area contributed by atoms with Crippen LogP contribution in [0, 0.1) is 85.2 Å². The standard InChI is InChI=1S/C51H80N2O6/c1-30(2)31-18-23-51(44(57)52-37-28-34(45(37,3)4)42(55)53-26-14-13-15-27-53)25-24-49(10)32(40(31)51)16-17-36-48(9)21-20-38(47(7,8)35(48)19-22-50(36,49)11)59-43(56)41-33(46(41,5)6)29-39(54)58-12/h31-38,40-41H,1,13-29H2,2-12H3,(H,52,57)/t31-,32+,33+,34+,35-,36+,37+,38-,40+,41+,48-,49+,50+,51-/m0/s1. The number of carbonyl (C=O) groups excluding carboxylic acids is 4. The lowest BCUT2D eigenvalue weighted by Gasteiger charge is -2.73. The first-order valence-corrected chi connectivity index (χ1v) is 24.0. The predicted molar refractivity (Wildman–Crippen MR) is 230 cm³/mol. The van der Waals surface area contributed by atoms with Gasteiger partial charge in [0, 0.05) is 36.9 Å². The molecule has 2 amide bonds. The Kier molecular flexibility index (Phi) is 10.5. The Morgan fingerprint density at radius 1 is 0.746 bits per heavy atom. The third-order valence-electron chi connectivity index (χ3n) is 21.2. The smallest absolute Gasteiger partial charge is 0.310 e. The fourth-order valence-corrected chi connectivity index (χ4v) is 17.0. The van der Waals surface area contributed by atoms with E-state index in [-0.39, 0.29) is 98.0 Å². The fraction of sp³-hybridized carbons (Fsp3) is 0.882. The lowest BCUT2D eigenvalue weighted by atomic mass is 9.32. The van der Waals surface area contributed by atoms with Gasteiger partial charge in [0.2, 0.25) is 11.8 Å². The zero-order valence-electron chi connectivity index (χ0n) is 38.9. The lowest BCUT2D eigenvalue weighted by Crippen LogP contribution is -2.68. The number of fused-ring (bicyclic) bond motifs is 7. The molecule has 8 fully saturated rings. The van der Waals surface area contributed by atoms with Crippen molar-refractivity contribution in [2.24, 2.45) is 85.2 Å². The van der Waals surface area contributed by atoms with Gasteiger partial charge in [0.25, 0.3) is 0 Å². The summed E-state index contributed by atoms with van der Waals surface area (Å²) < 4.78 is 11.5. The molecule has 0 radical (unpaired) electrons. The van der Waals surface area contributed by atoms with Crippen molar-refractivity contribution in [3.63, 3.8) is 0 Å². The first-order valence-electron chi connectivity index (χ1n) is 24.0. The highest BCUT2D eigenvalue weighted by Crippen LogP contribution is 2.78. The molecular formula is C51H80N2O6. The van der Waals surface area contributed by atoms with E-state index < -0.39 is 0 Å². The second-order valence-electron chi connectivity index (χ2n) is 24.3. The van der Waals surface area contributed by atoms with Gasteiger partial charge in [-0.3, -0.25) is 19.2 Å². The van der Waals surface area contributed by atoms with Gasteiger partial charge in [-0.05, 0) is 159 Å². The number of allylic oxidation sites excluding steroid dienone is 1. The Morgan fingerprint density at radius 2 is 1.44 bits per heavy atom. The summed E-state index contributed by atoms with van der Waals surface area (Å²) in [4.78, 5) is 56.7. The third kappa shape index (κ3) is 6.20. The molecule has 8 heteroatoms. The number of ether oxygens (including phenoxy) is 2. The number of likely N-dealkylation sites (tertiary alicyclic amines) is 1. The molecule has 8 nitrogen and oxygen atoms in total. The van der Waals surface area contributed by atoms with Crippen molar-refractivity contribution >= 4 is 23.8 Å². The maximum Gasteiger partial charge on any atom is 0.310 e. The molecule has 1 N–H and O–H groups in total. The van der Waals surface area contributed by atoms with Gasteiger partial charge in [0.15, 0.2) is 0 Å².